The maximum Gasteiger partial charge on any atom is 0.289 e. The Hall–Kier alpha value is -1.62. The van der Waals surface area contributed by atoms with Crippen LogP contribution in [0.2, 0.25) is 0 Å². The Balaban J connectivity index is 1.98. The molecule has 2 heterocycles. The third-order valence-electron chi connectivity index (χ3n) is 2.87. The molecule has 2 aromatic heterocycles. The van der Waals surface area contributed by atoms with Crippen molar-refractivity contribution in [3.8, 4) is 0 Å². The lowest BCUT2D eigenvalue weighted by Crippen LogP contribution is -2.32. The van der Waals surface area contributed by atoms with Crippen molar-refractivity contribution < 1.29 is 9.21 Å². The molecule has 0 radical (unpaired) electrons. The first kappa shape index (κ1) is 13.8. The topological polar surface area (TPSA) is 46.3 Å². The van der Waals surface area contributed by atoms with Crippen LogP contribution in [0.1, 0.15) is 23.0 Å². The molecule has 0 saturated heterocycles. The number of hydrogen-bond acceptors (Lipinski definition) is 3. The standard InChI is InChI=1S/C14H15BrN2O2/c1-2-17(10-7-11-5-8-16-9-6-11)14(18)12-3-4-13(15)19-12/h3-6,8-9H,2,7,10H2,1H3. The minimum atomic E-state index is -0.0812. The van der Waals surface area contributed by atoms with E-state index in [0.29, 0.717) is 23.5 Å². The van der Waals surface area contributed by atoms with Gasteiger partial charge in [0.25, 0.3) is 5.91 Å². The van der Waals surface area contributed by atoms with Crippen molar-refractivity contribution >= 4 is 21.8 Å². The van der Waals surface area contributed by atoms with Crippen LogP contribution in [0.4, 0.5) is 0 Å². The molecule has 4 nitrogen and oxygen atoms in total. The Morgan fingerprint density at radius 3 is 2.63 bits per heavy atom. The normalized spacial score (nSPS) is 10.4. The monoisotopic (exact) mass is 322 g/mol. The van der Waals surface area contributed by atoms with Crippen LogP contribution in [0, 0.1) is 0 Å². The summed E-state index contributed by atoms with van der Waals surface area (Å²) in [6.07, 6.45) is 4.33. The van der Waals surface area contributed by atoms with Crippen molar-refractivity contribution in [3.05, 3.63) is 52.7 Å². The van der Waals surface area contributed by atoms with Crippen LogP contribution in [0.25, 0.3) is 0 Å². The fourth-order valence-electron chi connectivity index (χ4n) is 1.80. The molecule has 100 valence electrons. The van der Waals surface area contributed by atoms with Gasteiger partial charge in [-0.25, -0.2) is 0 Å². The van der Waals surface area contributed by atoms with Crippen LogP contribution in [-0.4, -0.2) is 28.9 Å². The molecule has 2 aromatic rings. The summed E-state index contributed by atoms with van der Waals surface area (Å²) < 4.78 is 5.87. The van der Waals surface area contributed by atoms with Gasteiger partial charge in [-0.15, -0.1) is 0 Å². The van der Waals surface area contributed by atoms with Crippen LogP contribution in [0.15, 0.2) is 45.7 Å². The molecule has 0 aromatic carbocycles. The number of nitrogens with zero attached hydrogens (tertiary/aromatic N) is 2. The van der Waals surface area contributed by atoms with Gasteiger partial charge in [0.2, 0.25) is 0 Å². The van der Waals surface area contributed by atoms with Crippen LogP contribution in [0.3, 0.4) is 0 Å². The quantitative estimate of drug-likeness (QED) is 0.849. The summed E-state index contributed by atoms with van der Waals surface area (Å²) in [7, 11) is 0. The first-order chi connectivity index (χ1) is 9.20. The van der Waals surface area contributed by atoms with Crippen LogP contribution in [0.5, 0.6) is 0 Å². The lowest BCUT2D eigenvalue weighted by Gasteiger charge is -2.19. The number of hydrogen-bond donors (Lipinski definition) is 0. The third kappa shape index (κ3) is 3.67. The number of amides is 1. The largest absolute Gasteiger partial charge is 0.444 e. The Bertz CT molecular complexity index is 539. The van der Waals surface area contributed by atoms with Gasteiger partial charge in [-0.3, -0.25) is 9.78 Å². The summed E-state index contributed by atoms with van der Waals surface area (Å²) in [5.41, 5.74) is 1.17. The molecule has 0 bridgehead atoms. The number of carbonyl (C=O) groups is 1. The molecule has 0 aliphatic rings. The Labute approximate surface area is 120 Å². The van der Waals surface area contributed by atoms with E-state index in [9.17, 15) is 4.79 Å². The second-order valence-electron chi connectivity index (χ2n) is 4.09. The second-order valence-corrected chi connectivity index (χ2v) is 4.88. The second kappa shape index (κ2) is 6.52. The first-order valence-electron chi connectivity index (χ1n) is 6.14. The van der Waals surface area contributed by atoms with Gasteiger partial charge < -0.3 is 9.32 Å². The van der Waals surface area contributed by atoms with E-state index in [1.54, 1.807) is 29.4 Å². The highest BCUT2D eigenvalue weighted by Gasteiger charge is 2.17. The fourth-order valence-corrected chi connectivity index (χ4v) is 2.11. The third-order valence-corrected chi connectivity index (χ3v) is 3.30. The number of carbonyl (C=O) groups excluding carboxylic acids is 1. The van der Waals surface area contributed by atoms with E-state index in [1.165, 1.54) is 5.56 Å². The molecule has 0 aliphatic heterocycles. The van der Waals surface area contributed by atoms with Crippen molar-refractivity contribution in [2.45, 2.75) is 13.3 Å². The minimum absolute atomic E-state index is 0.0812. The summed E-state index contributed by atoms with van der Waals surface area (Å²) >= 11 is 3.20. The van der Waals surface area contributed by atoms with Crippen molar-refractivity contribution in [2.75, 3.05) is 13.1 Å². The maximum atomic E-state index is 12.2. The molecule has 0 spiro atoms. The van der Waals surface area contributed by atoms with E-state index >= 15 is 0 Å². The van der Waals surface area contributed by atoms with Crippen molar-refractivity contribution in [2.24, 2.45) is 0 Å². The number of pyridine rings is 1. The van der Waals surface area contributed by atoms with Crippen molar-refractivity contribution in [1.82, 2.24) is 9.88 Å². The summed E-state index contributed by atoms with van der Waals surface area (Å²) in [5, 5.41) is 0. The summed E-state index contributed by atoms with van der Waals surface area (Å²) in [6, 6.07) is 7.33. The van der Waals surface area contributed by atoms with Crippen LogP contribution in [-0.2, 0) is 6.42 Å². The average molecular weight is 323 g/mol. The number of halogens is 1. The van der Waals surface area contributed by atoms with Gasteiger partial charge in [-0.2, -0.15) is 0 Å². The zero-order chi connectivity index (χ0) is 13.7. The van der Waals surface area contributed by atoms with Gasteiger partial charge >= 0.3 is 0 Å². The molecular formula is C14H15BrN2O2. The fraction of sp³-hybridized carbons (Fsp3) is 0.286. The van der Waals surface area contributed by atoms with E-state index in [4.69, 9.17) is 4.42 Å². The highest BCUT2D eigenvalue weighted by atomic mass is 79.9. The predicted octanol–water partition coefficient (Wildman–Crippen LogP) is 3.14. The molecule has 5 heteroatoms. The average Bonchev–Trinajstić information content (AvgIpc) is 2.87. The predicted molar refractivity (Wildman–Crippen MR) is 75.9 cm³/mol. The molecule has 1 amide bonds. The lowest BCUT2D eigenvalue weighted by molar-refractivity contribution is 0.0733. The maximum absolute atomic E-state index is 12.2. The molecule has 0 unspecified atom stereocenters. The molecule has 19 heavy (non-hydrogen) atoms. The van der Waals surface area contributed by atoms with Gasteiger partial charge in [0.05, 0.1) is 0 Å². The molecule has 0 fully saturated rings. The van der Waals surface area contributed by atoms with Crippen molar-refractivity contribution in [1.29, 1.82) is 0 Å². The van der Waals surface area contributed by atoms with E-state index in [0.717, 1.165) is 6.42 Å². The smallest absolute Gasteiger partial charge is 0.289 e. The summed E-state index contributed by atoms with van der Waals surface area (Å²) in [6.45, 7) is 3.28. The zero-order valence-corrected chi connectivity index (χ0v) is 12.3. The summed E-state index contributed by atoms with van der Waals surface area (Å²) in [5.74, 6) is 0.283. The van der Waals surface area contributed by atoms with E-state index < -0.39 is 0 Å². The number of aromatic nitrogens is 1. The first-order valence-corrected chi connectivity index (χ1v) is 6.93. The molecule has 0 aliphatic carbocycles. The van der Waals surface area contributed by atoms with Crippen LogP contribution >= 0.6 is 15.9 Å². The summed E-state index contributed by atoms with van der Waals surface area (Å²) in [4.78, 5) is 18.0. The Kier molecular flexibility index (Phi) is 4.74. The number of furan rings is 1. The Morgan fingerprint density at radius 1 is 1.32 bits per heavy atom. The molecule has 0 saturated carbocycles. The SMILES string of the molecule is CCN(CCc1ccncc1)C(=O)c1ccc(Br)o1. The van der Waals surface area contributed by atoms with Crippen molar-refractivity contribution in [3.63, 3.8) is 0 Å². The molecule has 2 rings (SSSR count). The van der Waals surface area contributed by atoms with E-state index in [1.807, 2.05) is 19.1 Å². The van der Waals surface area contributed by atoms with Crippen LogP contribution < -0.4 is 0 Å². The zero-order valence-electron chi connectivity index (χ0n) is 10.7. The van der Waals surface area contributed by atoms with Gasteiger partial charge in [0, 0.05) is 25.5 Å². The van der Waals surface area contributed by atoms with Gasteiger partial charge in [-0.05, 0) is 59.1 Å². The van der Waals surface area contributed by atoms with Gasteiger partial charge in [-0.1, -0.05) is 0 Å². The number of rotatable bonds is 5. The van der Waals surface area contributed by atoms with E-state index in [-0.39, 0.29) is 5.91 Å². The Morgan fingerprint density at radius 2 is 2.05 bits per heavy atom. The molecule has 0 N–H and O–H groups in total. The number of likely N-dealkylation sites (N-methyl/N-ethyl adjacent to an activating group) is 1. The highest BCUT2D eigenvalue weighted by Crippen LogP contribution is 2.16. The van der Waals surface area contributed by atoms with E-state index in [2.05, 4.69) is 20.9 Å². The minimum Gasteiger partial charge on any atom is -0.444 e. The lowest BCUT2D eigenvalue weighted by atomic mass is 10.2. The molecule has 0 atom stereocenters. The van der Waals surface area contributed by atoms with Gasteiger partial charge in [0.15, 0.2) is 10.4 Å². The molecular weight excluding hydrogens is 308 g/mol. The van der Waals surface area contributed by atoms with Gasteiger partial charge in [0.1, 0.15) is 0 Å². The highest BCUT2D eigenvalue weighted by molar-refractivity contribution is 9.10.